The highest BCUT2D eigenvalue weighted by Gasteiger charge is 2.38. The Hall–Kier alpha value is -2.37. The van der Waals surface area contributed by atoms with Crippen molar-refractivity contribution in [3.05, 3.63) is 29.8 Å². The van der Waals surface area contributed by atoms with Gasteiger partial charge in [0, 0.05) is 23.9 Å². The highest BCUT2D eigenvalue weighted by Crippen LogP contribution is 2.44. The first-order valence-electron chi connectivity index (χ1n) is 7.44. The highest BCUT2D eigenvalue weighted by molar-refractivity contribution is 6.04. The molecule has 6 nitrogen and oxygen atoms in total. The number of carbonyl (C=O) groups excluding carboxylic acids is 2. The number of hydrazone groups is 1. The molecule has 1 saturated carbocycles. The number of amides is 2. The lowest BCUT2D eigenvalue weighted by atomic mass is 10.0. The molecule has 0 aromatic heterocycles. The van der Waals surface area contributed by atoms with Crippen LogP contribution in [0.4, 0.5) is 10.5 Å². The number of ether oxygens (including phenoxy) is 1. The predicted octanol–water partition coefficient (Wildman–Crippen LogP) is 2.65. The van der Waals surface area contributed by atoms with Gasteiger partial charge in [0.1, 0.15) is 0 Å². The summed E-state index contributed by atoms with van der Waals surface area (Å²) in [5, 5.41) is 6.75. The van der Waals surface area contributed by atoms with E-state index < -0.39 is 6.09 Å². The van der Waals surface area contributed by atoms with E-state index in [9.17, 15) is 9.59 Å². The summed E-state index contributed by atoms with van der Waals surface area (Å²) in [6.07, 6.45) is 2.88. The third-order valence-corrected chi connectivity index (χ3v) is 4.02. The van der Waals surface area contributed by atoms with Crippen LogP contribution in [0.2, 0.25) is 0 Å². The van der Waals surface area contributed by atoms with Gasteiger partial charge in [-0.05, 0) is 30.5 Å². The van der Waals surface area contributed by atoms with Crippen LogP contribution >= 0.6 is 0 Å². The van der Waals surface area contributed by atoms with Crippen molar-refractivity contribution in [1.82, 2.24) is 5.43 Å². The van der Waals surface area contributed by atoms with Crippen LogP contribution in [0.15, 0.2) is 29.4 Å². The molecule has 1 aromatic rings. The van der Waals surface area contributed by atoms with E-state index in [1.54, 1.807) is 12.1 Å². The zero-order valence-corrected chi connectivity index (χ0v) is 12.5. The predicted molar refractivity (Wildman–Crippen MR) is 82.7 cm³/mol. The molecule has 2 aliphatic rings. The second-order valence-electron chi connectivity index (χ2n) is 6.18. The Morgan fingerprint density at radius 3 is 2.64 bits per heavy atom. The molecule has 0 bridgehead atoms. The molecule has 1 aliphatic heterocycles. The van der Waals surface area contributed by atoms with Crippen molar-refractivity contribution >= 4 is 23.4 Å². The van der Waals surface area contributed by atoms with Crippen LogP contribution < -0.4 is 10.7 Å². The molecular formula is C16H19N3O3. The van der Waals surface area contributed by atoms with E-state index in [4.69, 9.17) is 4.74 Å². The average molecular weight is 301 g/mol. The first-order valence-corrected chi connectivity index (χ1v) is 7.44. The fourth-order valence-corrected chi connectivity index (χ4v) is 2.18. The van der Waals surface area contributed by atoms with Crippen LogP contribution in [0, 0.1) is 5.41 Å². The van der Waals surface area contributed by atoms with Gasteiger partial charge in [-0.2, -0.15) is 5.10 Å². The molecule has 1 aliphatic carbocycles. The topological polar surface area (TPSA) is 79.8 Å². The van der Waals surface area contributed by atoms with Crippen LogP contribution in [-0.2, 0) is 9.53 Å². The minimum Gasteiger partial charge on any atom is -0.449 e. The van der Waals surface area contributed by atoms with E-state index in [1.165, 1.54) is 0 Å². The van der Waals surface area contributed by atoms with Gasteiger partial charge < -0.3 is 4.74 Å². The monoisotopic (exact) mass is 301 g/mol. The Morgan fingerprint density at radius 1 is 1.32 bits per heavy atom. The normalized spacial score (nSPS) is 19.0. The fraction of sp³-hybridized carbons (Fsp3) is 0.438. The molecule has 0 spiro atoms. The molecule has 2 N–H and O–H groups in total. The van der Waals surface area contributed by atoms with E-state index in [0.29, 0.717) is 25.1 Å². The summed E-state index contributed by atoms with van der Waals surface area (Å²) >= 11 is 0. The minimum atomic E-state index is -0.428. The van der Waals surface area contributed by atoms with Crippen LogP contribution in [0.3, 0.4) is 0 Å². The Kier molecular flexibility index (Phi) is 3.83. The van der Waals surface area contributed by atoms with Crippen molar-refractivity contribution in [1.29, 1.82) is 0 Å². The third-order valence-electron chi connectivity index (χ3n) is 4.02. The molecule has 0 radical (unpaired) electrons. The number of rotatable bonds is 4. The van der Waals surface area contributed by atoms with Crippen molar-refractivity contribution in [2.24, 2.45) is 10.5 Å². The number of carbonyl (C=O) groups is 2. The highest BCUT2D eigenvalue weighted by atomic mass is 16.5. The molecule has 2 amide bonds. The maximum Gasteiger partial charge on any atom is 0.411 e. The van der Waals surface area contributed by atoms with Gasteiger partial charge in [0.05, 0.1) is 12.3 Å². The van der Waals surface area contributed by atoms with E-state index >= 15 is 0 Å². The lowest BCUT2D eigenvalue weighted by molar-refractivity contribution is -0.121. The van der Waals surface area contributed by atoms with Crippen molar-refractivity contribution in [3.63, 3.8) is 0 Å². The summed E-state index contributed by atoms with van der Waals surface area (Å²) in [6, 6.07) is 7.34. The summed E-state index contributed by atoms with van der Waals surface area (Å²) in [4.78, 5) is 22.8. The van der Waals surface area contributed by atoms with Gasteiger partial charge >= 0.3 is 6.09 Å². The molecule has 1 aromatic carbocycles. The van der Waals surface area contributed by atoms with E-state index in [-0.39, 0.29) is 11.3 Å². The quantitative estimate of drug-likeness (QED) is 0.897. The summed E-state index contributed by atoms with van der Waals surface area (Å²) in [5.74, 6) is -0.0610. The van der Waals surface area contributed by atoms with Crippen LogP contribution in [0.25, 0.3) is 0 Å². The number of benzene rings is 1. The summed E-state index contributed by atoms with van der Waals surface area (Å²) in [6.45, 7) is 2.58. The number of nitrogens with zero attached hydrogens (tertiary/aromatic N) is 1. The molecule has 6 heteroatoms. The lowest BCUT2D eigenvalue weighted by Crippen LogP contribution is -2.25. The number of nitrogens with one attached hydrogen (secondary N) is 2. The van der Waals surface area contributed by atoms with Gasteiger partial charge in [-0.25, -0.2) is 10.2 Å². The number of anilines is 1. The minimum absolute atomic E-state index is 0.0610. The van der Waals surface area contributed by atoms with Crippen LogP contribution in [0.5, 0.6) is 0 Å². The van der Waals surface area contributed by atoms with Gasteiger partial charge in [-0.3, -0.25) is 10.1 Å². The summed E-state index contributed by atoms with van der Waals surface area (Å²) < 4.78 is 5.21. The van der Waals surface area contributed by atoms with Crippen LogP contribution in [0.1, 0.15) is 38.2 Å². The maximum atomic E-state index is 11.7. The van der Waals surface area contributed by atoms with Gasteiger partial charge in [0.2, 0.25) is 5.91 Å². The zero-order valence-electron chi connectivity index (χ0n) is 12.5. The number of hydrogen-bond donors (Lipinski definition) is 2. The second-order valence-corrected chi connectivity index (χ2v) is 6.18. The molecule has 1 fully saturated rings. The Bertz CT molecular complexity index is 618. The second kappa shape index (κ2) is 5.79. The van der Waals surface area contributed by atoms with Gasteiger partial charge in [-0.15, -0.1) is 0 Å². The van der Waals surface area contributed by atoms with Gasteiger partial charge in [0.15, 0.2) is 0 Å². The first kappa shape index (κ1) is 14.6. The zero-order chi connectivity index (χ0) is 15.6. The lowest BCUT2D eigenvalue weighted by Gasteiger charge is -2.13. The Labute approximate surface area is 128 Å². The molecule has 0 atom stereocenters. The molecule has 116 valence electrons. The third kappa shape index (κ3) is 3.63. The maximum absolute atomic E-state index is 11.7. The van der Waals surface area contributed by atoms with Crippen LogP contribution in [-0.4, -0.2) is 24.3 Å². The molecule has 0 saturated heterocycles. The standard InChI is InChI=1S/C16H19N3O3/c1-16(8-9-16)10-22-15(21)17-12-4-2-11(3-5-12)13-6-7-14(20)19-18-13/h2-5H,6-10H2,1H3,(H,17,21)(H,19,20). The molecule has 1 heterocycles. The molecule has 0 unspecified atom stereocenters. The van der Waals surface area contributed by atoms with E-state index in [2.05, 4.69) is 22.8 Å². The molecule has 22 heavy (non-hydrogen) atoms. The van der Waals surface area contributed by atoms with Gasteiger partial charge in [-0.1, -0.05) is 19.1 Å². The Morgan fingerprint density at radius 2 is 2.05 bits per heavy atom. The summed E-state index contributed by atoms with van der Waals surface area (Å²) in [7, 11) is 0. The fourth-order valence-electron chi connectivity index (χ4n) is 2.18. The van der Waals surface area contributed by atoms with Crippen molar-refractivity contribution in [2.75, 3.05) is 11.9 Å². The molecular weight excluding hydrogens is 282 g/mol. The van der Waals surface area contributed by atoms with Gasteiger partial charge in [0.25, 0.3) is 0 Å². The first-order chi connectivity index (χ1) is 10.5. The van der Waals surface area contributed by atoms with Crippen molar-refractivity contribution < 1.29 is 14.3 Å². The van der Waals surface area contributed by atoms with Crippen molar-refractivity contribution in [3.8, 4) is 0 Å². The van der Waals surface area contributed by atoms with Crippen molar-refractivity contribution in [2.45, 2.75) is 32.6 Å². The SMILES string of the molecule is CC1(COC(=O)Nc2ccc(C3=NNC(=O)CC3)cc2)CC1. The number of hydrogen-bond acceptors (Lipinski definition) is 4. The van der Waals surface area contributed by atoms with E-state index in [0.717, 1.165) is 24.1 Å². The molecule has 3 rings (SSSR count). The Balaban J connectivity index is 1.55. The smallest absolute Gasteiger partial charge is 0.411 e. The largest absolute Gasteiger partial charge is 0.449 e. The van der Waals surface area contributed by atoms with E-state index in [1.807, 2.05) is 12.1 Å². The average Bonchev–Trinajstić information content (AvgIpc) is 3.25. The summed E-state index contributed by atoms with van der Waals surface area (Å²) in [5.41, 5.74) is 5.11.